The first kappa shape index (κ1) is 14.4. The summed E-state index contributed by atoms with van der Waals surface area (Å²) in [5, 5.41) is 2.88. The number of carbonyl (C=O) groups excluding carboxylic acids is 2. The van der Waals surface area contributed by atoms with Gasteiger partial charge in [-0.25, -0.2) is 0 Å². The number of anilines is 1. The van der Waals surface area contributed by atoms with Crippen molar-refractivity contribution in [1.82, 2.24) is 5.32 Å². The van der Waals surface area contributed by atoms with Gasteiger partial charge in [0.1, 0.15) is 5.75 Å². The van der Waals surface area contributed by atoms with E-state index >= 15 is 0 Å². The second-order valence-electron chi connectivity index (χ2n) is 4.92. The monoisotopic (exact) mass is 276 g/mol. The van der Waals surface area contributed by atoms with Crippen molar-refractivity contribution in [2.45, 2.75) is 32.7 Å². The third-order valence-corrected chi connectivity index (χ3v) is 3.36. The minimum atomic E-state index is -0.0679. The molecule has 0 aliphatic carbocycles. The zero-order valence-corrected chi connectivity index (χ0v) is 11.9. The molecule has 0 unspecified atom stereocenters. The number of fused-ring (bicyclic) bond motifs is 1. The minimum absolute atomic E-state index is 0.0604. The second kappa shape index (κ2) is 6.41. The van der Waals surface area contributed by atoms with Crippen LogP contribution in [-0.4, -0.2) is 25.5 Å². The molecule has 1 aliphatic heterocycles. The van der Waals surface area contributed by atoms with Crippen LogP contribution in [0.15, 0.2) is 18.2 Å². The summed E-state index contributed by atoms with van der Waals surface area (Å²) in [5.74, 6) is 0.694. The van der Waals surface area contributed by atoms with Crippen LogP contribution >= 0.6 is 0 Å². The van der Waals surface area contributed by atoms with Crippen molar-refractivity contribution in [3.8, 4) is 5.75 Å². The number of rotatable bonds is 5. The fourth-order valence-electron chi connectivity index (χ4n) is 2.05. The molecule has 2 rings (SSSR count). The number of hydrogen-bond acceptors (Lipinski definition) is 3. The predicted molar refractivity (Wildman–Crippen MR) is 76.7 cm³/mol. The average Bonchev–Trinajstić information content (AvgIpc) is 2.47. The second-order valence-corrected chi connectivity index (χ2v) is 4.92. The Morgan fingerprint density at radius 1 is 1.45 bits per heavy atom. The molecule has 1 aromatic carbocycles. The quantitative estimate of drug-likeness (QED) is 0.893. The van der Waals surface area contributed by atoms with Crippen LogP contribution in [0, 0.1) is 0 Å². The van der Waals surface area contributed by atoms with E-state index in [1.807, 2.05) is 18.2 Å². The molecule has 1 aliphatic rings. The largest absolute Gasteiger partial charge is 0.482 e. The van der Waals surface area contributed by atoms with Crippen LogP contribution in [0.5, 0.6) is 5.75 Å². The molecule has 5 heteroatoms. The molecule has 0 atom stereocenters. The number of unbranched alkanes of at least 4 members (excludes halogenated alkanes) is 1. The molecule has 20 heavy (non-hydrogen) atoms. The van der Waals surface area contributed by atoms with Gasteiger partial charge < -0.3 is 15.0 Å². The summed E-state index contributed by atoms with van der Waals surface area (Å²) in [4.78, 5) is 24.7. The van der Waals surface area contributed by atoms with Crippen LogP contribution < -0.4 is 15.0 Å². The van der Waals surface area contributed by atoms with E-state index in [0.29, 0.717) is 18.7 Å². The van der Waals surface area contributed by atoms with Crippen molar-refractivity contribution in [3.05, 3.63) is 23.8 Å². The average molecular weight is 276 g/mol. The summed E-state index contributed by atoms with van der Waals surface area (Å²) >= 11 is 0. The SMILES string of the molecule is CCCCC(=O)NCc1ccc2c(c1)N(C)C(=O)CO2. The lowest BCUT2D eigenvalue weighted by Gasteiger charge is -2.26. The van der Waals surface area contributed by atoms with E-state index < -0.39 is 0 Å². The maximum absolute atomic E-state index is 11.6. The van der Waals surface area contributed by atoms with Crippen molar-refractivity contribution in [2.75, 3.05) is 18.6 Å². The fraction of sp³-hybridized carbons (Fsp3) is 0.467. The normalized spacial score (nSPS) is 13.7. The highest BCUT2D eigenvalue weighted by Crippen LogP contribution is 2.31. The highest BCUT2D eigenvalue weighted by molar-refractivity contribution is 5.97. The van der Waals surface area contributed by atoms with Gasteiger partial charge in [-0.2, -0.15) is 0 Å². The first-order chi connectivity index (χ1) is 9.61. The number of ether oxygens (including phenoxy) is 1. The Kier molecular flexibility index (Phi) is 4.61. The third kappa shape index (κ3) is 3.29. The summed E-state index contributed by atoms with van der Waals surface area (Å²) in [6.07, 6.45) is 2.47. The highest BCUT2D eigenvalue weighted by Gasteiger charge is 2.22. The van der Waals surface area contributed by atoms with E-state index in [2.05, 4.69) is 12.2 Å². The summed E-state index contributed by atoms with van der Waals surface area (Å²) in [7, 11) is 1.73. The molecular weight excluding hydrogens is 256 g/mol. The lowest BCUT2D eigenvalue weighted by atomic mass is 10.1. The molecule has 5 nitrogen and oxygen atoms in total. The smallest absolute Gasteiger partial charge is 0.264 e. The molecular formula is C15H20N2O3. The van der Waals surface area contributed by atoms with Crippen molar-refractivity contribution in [2.24, 2.45) is 0 Å². The van der Waals surface area contributed by atoms with Crippen LogP contribution in [0.3, 0.4) is 0 Å². The van der Waals surface area contributed by atoms with E-state index in [4.69, 9.17) is 4.74 Å². The number of carbonyl (C=O) groups is 2. The standard InChI is InChI=1S/C15H20N2O3/c1-3-4-5-14(18)16-9-11-6-7-13-12(8-11)17(2)15(19)10-20-13/h6-8H,3-5,9-10H2,1-2H3,(H,16,18). The molecule has 1 aromatic rings. The van der Waals surface area contributed by atoms with E-state index in [0.717, 1.165) is 24.1 Å². The van der Waals surface area contributed by atoms with Crippen LogP contribution in [0.1, 0.15) is 31.7 Å². The van der Waals surface area contributed by atoms with Gasteiger partial charge in [-0.05, 0) is 24.1 Å². The number of nitrogens with one attached hydrogen (secondary N) is 1. The van der Waals surface area contributed by atoms with Crippen LogP contribution in [0.25, 0.3) is 0 Å². The van der Waals surface area contributed by atoms with Gasteiger partial charge in [0.25, 0.3) is 5.91 Å². The molecule has 108 valence electrons. The molecule has 0 saturated heterocycles. The van der Waals surface area contributed by atoms with Gasteiger partial charge in [-0.1, -0.05) is 19.4 Å². The van der Waals surface area contributed by atoms with Crippen molar-refractivity contribution in [1.29, 1.82) is 0 Å². The van der Waals surface area contributed by atoms with Crippen molar-refractivity contribution >= 4 is 17.5 Å². The minimum Gasteiger partial charge on any atom is -0.482 e. The van der Waals surface area contributed by atoms with E-state index in [-0.39, 0.29) is 18.4 Å². The van der Waals surface area contributed by atoms with Crippen molar-refractivity contribution in [3.63, 3.8) is 0 Å². The lowest BCUT2D eigenvalue weighted by molar-refractivity contribution is -0.122. The first-order valence-electron chi connectivity index (χ1n) is 6.90. The van der Waals surface area contributed by atoms with Gasteiger partial charge in [0.2, 0.25) is 5.91 Å². The zero-order valence-electron chi connectivity index (χ0n) is 11.9. The van der Waals surface area contributed by atoms with Gasteiger partial charge in [0.15, 0.2) is 6.61 Å². The third-order valence-electron chi connectivity index (χ3n) is 3.36. The zero-order chi connectivity index (χ0) is 14.5. The first-order valence-corrected chi connectivity index (χ1v) is 6.90. The van der Waals surface area contributed by atoms with Crippen LogP contribution in [0.4, 0.5) is 5.69 Å². The Morgan fingerprint density at radius 3 is 3.00 bits per heavy atom. The number of hydrogen-bond donors (Lipinski definition) is 1. The Balaban J connectivity index is 2.00. The number of likely N-dealkylation sites (N-methyl/N-ethyl adjacent to an activating group) is 1. The number of nitrogens with zero attached hydrogens (tertiary/aromatic N) is 1. The van der Waals surface area contributed by atoms with E-state index in [1.165, 1.54) is 0 Å². The summed E-state index contributed by atoms with van der Waals surface area (Å²) in [5.41, 5.74) is 1.71. The van der Waals surface area contributed by atoms with Gasteiger partial charge in [-0.3, -0.25) is 9.59 Å². The Labute approximate surface area is 118 Å². The molecule has 0 bridgehead atoms. The Morgan fingerprint density at radius 2 is 2.25 bits per heavy atom. The van der Waals surface area contributed by atoms with Gasteiger partial charge in [0.05, 0.1) is 5.69 Å². The van der Waals surface area contributed by atoms with Gasteiger partial charge >= 0.3 is 0 Å². The predicted octanol–water partition coefficient (Wildman–Crippen LogP) is 1.85. The van der Waals surface area contributed by atoms with Crippen LogP contribution in [-0.2, 0) is 16.1 Å². The van der Waals surface area contributed by atoms with Crippen molar-refractivity contribution < 1.29 is 14.3 Å². The maximum Gasteiger partial charge on any atom is 0.264 e. The molecule has 0 aromatic heterocycles. The van der Waals surface area contributed by atoms with E-state index in [9.17, 15) is 9.59 Å². The summed E-state index contributed by atoms with van der Waals surface area (Å²) in [6, 6.07) is 5.63. The summed E-state index contributed by atoms with van der Waals surface area (Å²) < 4.78 is 5.36. The number of amides is 2. The lowest BCUT2D eigenvalue weighted by Crippen LogP contribution is -2.35. The highest BCUT2D eigenvalue weighted by atomic mass is 16.5. The van der Waals surface area contributed by atoms with E-state index in [1.54, 1.807) is 11.9 Å². The van der Waals surface area contributed by atoms with Gasteiger partial charge in [0, 0.05) is 20.0 Å². The topological polar surface area (TPSA) is 58.6 Å². The Hall–Kier alpha value is -2.04. The Bertz CT molecular complexity index is 514. The molecule has 0 fully saturated rings. The molecule has 1 heterocycles. The van der Waals surface area contributed by atoms with Crippen LogP contribution in [0.2, 0.25) is 0 Å². The number of benzene rings is 1. The molecule has 0 saturated carbocycles. The van der Waals surface area contributed by atoms with Gasteiger partial charge in [-0.15, -0.1) is 0 Å². The summed E-state index contributed by atoms with van der Waals surface area (Å²) in [6.45, 7) is 2.61. The molecule has 0 spiro atoms. The maximum atomic E-state index is 11.6. The molecule has 2 amide bonds. The fourth-order valence-corrected chi connectivity index (χ4v) is 2.05. The molecule has 1 N–H and O–H groups in total. The molecule has 0 radical (unpaired) electrons.